The quantitative estimate of drug-likeness (QED) is 0.865. The van der Waals surface area contributed by atoms with Crippen LogP contribution in [0.2, 0.25) is 8.67 Å². The molecule has 3 heterocycles. The third-order valence-corrected chi connectivity index (χ3v) is 5.51. The van der Waals surface area contributed by atoms with Crippen LogP contribution in [0, 0.1) is 5.92 Å². The van der Waals surface area contributed by atoms with E-state index >= 15 is 0 Å². The molecular weight excluding hydrogens is 319 g/mol. The maximum Gasteiger partial charge on any atom is 0.224 e. The van der Waals surface area contributed by atoms with Crippen molar-refractivity contribution >= 4 is 46.2 Å². The van der Waals surface area contributed by atoms with Gasteiger partial charge in [0.1, 0.15) is 4.34 Å². The molecule has 0 aliphatic carbocycles. The smallest absolute Gasteiger partial charge is 0.224 e. The topological polar surface area (TPSA) is 49.4 Å². The molecule has 2 unspecified atom stereocenters. The van der Waals surface area contributed by atoms with Gasteiger partial charge in [-0.1, -0.05) is 23.2 Å². The molecule has 0 spiro atoms. The number of hydrogen-bond acceptors (Lipinski definition) is 4. The molecule has 1 aromatic rings. The molecule has 2 saturated heterocycles. The highest BCUT2D eigenvalue weighted by Gasteiger charge is 2.41. The molecule has 4 nitrogen and oxygen atoms in total. The highest BCUT2D eigenvalue weighted by molar-refractivity contribution is 7.20. The number of piperidine rings is 1. The van der Waals surface area contributed by atoms with Gasteiger partial charge in [0.15, 0.2) is 5.78 Å². The number of carbonyl (C=O) groups excluding carboxylic acids is 2. The van der Waals surface area contributed by atoms with E-state index in [1.165, 1.54) is 11.3 Å². The minimum Gasteiger partial charge on any atom is -0.354 e. The fraction of sp³-hybridized carbons (Fsp3) is 0.538. The maximum atomic E-state index is 12.3. The predicted octanol–water partition coefficient (Wildman–Crippen LogP) is 2.45. The Labute approximate surface area is 131 Å². The second-order valence-corrected chi connectivity index (χ2v) is 7.48. The second-order valence-electron chi connectivity index (χ2n) is 5.19. The van der Waals surface area contributed by atoms with E-state index in [0.29, 0.717) is 27.3 Å². The van der Waals surface area contributed by atoms with E-state index < -0.39 is 0 Å². The van der Waals surface area contributed by atoms with Crippen molar-refractivity contribution in [3.05, 3.63) is 20.3 Å². The van der Waals surface area contributed by atoms with Gasteiger partial charge in [0.05, 0.1) is 22.4 Å². The molecule has 2 fully saturated rings. The minimum absolute atomic E-state index is 0.0260. The van der Waals surface area contributed by atoms with Crippen molar-refractivity contribution in [1.29, 1.82) is 0 Å². The molecule has 1 aromatic heterocycles. The van der Waals surface area contributed by atoms with Crippen LogP contribution in [-0.2, 0) is 4.79 Å². The van der Waals surface area contributed by atoms with Crippen molar-refractivity contribution in [1.82, 2.24) is 10.2 Å². The number of amides is 1. The Balaban J connectivity index is 1.72. The molecule has 0 radical (unpaired) electrons. The molecule has 2 atom stereocenters. The first-order valence-corrected chi connectivity index (χ1v) is 8.13. The van der Waals surface area contributed by atoms with Crippen molar-refractivity contribution in [2.75, 3.05) is 19.6 Å². The highest BCUT2D eigenvalue weighted by atomic mass is 35.5. The number of fused-ring (bicyclic) bond motifs is 1. The normalized spacial score (nSPS) is 26.4. The Kier molecular flexibility index (Phi) is 4.04. The SMILES string of the molecule is O=C(CN1CCCC2C(=O)NCC21)c1cc(Cl)sc1Cl. The molecule has 1 amide bonds. The predicted molar refractivity (Wildman–Crippen MR) is 79.8 cm³/mol. The van der Waals surface area contributed by atoms with Crippen molar-refractivity contribution in [3.8, 4) is 0 Å². The van der Waals surface area contributed by atoms with Crippen LogP contribution in [0.25, 0.3) is 0 Å². The summed E-state index contributed by atoms with van der Waals surface area (Å²) in [6.45, 7) is 1.77. The van der Waals surface area contributed by atoms with E-state index in [4.69, 9.17) is 23.2 Å². The number of carbonyl (C=O) groups is 2. The van der Waals surface area contributed by atoms with E-state index in [-0.39, 0.29) is 23.7 Å². The lowest BCUT2D eigenvalue weighted by Crippen LogP contribution is -2.47. The summed E-state index contributed by atoms with van der Waals surface area (Å²) < 4.78 is 0.960. The molecular formula is C13H14Cl2N2O2S. The van der Waals surface area contributed by atoms with Crippen molar-refractivity contribution in [2.24, 2.45) is 5.92 Å². The van der Waals surface area contributed by atoms with Gasteiger partial charge in [-0.3, -0.25) is 14.5 Å². The Morgan fingerprint density at radius 3 is 3.00 bits per heavy atom. The number of nitrogens with zero attached hydrogens (tertiary/aromatic N) is 1. The van der Waals surface area contributed by atoms with E-state index in [2.05, 4.69) is 10.2 Å². The second kappa shape index (κ2) is 5.64. The van der Waals surface area contributed by atoms with E-state index in [0.717, 1.165) is 19.4 Å². The lowest BCUT2D eigenvalue weighted by molar-refractivity contribution is -0.124. The van der Waals surface area contributed by atoms with Gasteiger partial charge in [-0.15, -0.1) is 11.3 Å². The molecule has 2 aliphatic rings. The average molecular weight is 333 g/mol. The zero-order valence-corrected chi connectivity index (χ0v) is 13.0. The summed E-state index contributed by atoms with van der Waals surface area (Å²) in [5.74, 6) is 0.111. The molecule has 20 heavy (non-hydrogen) atoms. The third-order valence-electron chi connectivity index (χ3n) is 4.02. The molecule has 0 bridgehead atoms. The standard InChI is InChI=1S/C13H14Cl2N2O2S/c14-11-4-8(12(15)20-11)10(18)6-17-3-1-2-7-9(17)5-16-13(7)19/h4,7,9H,1-3,5-6H2,(H,16,19). The first kappa shape index (κ1) is 14.3. The van der Waals surface area contributed by atoms with Gasteiger partial charge >= 0.3 is 0 Å². The number of hydrogen-bond donors (Lipinski definition) is 1. The first-order chi connectivity index (χ1) is 9.56. The van der Waals surface area contributed by atoms with Crippen molar-refractivity contribution in [3.63, 3.8) is 0 Å². The fourth-order valence-electron chi connectivity index (χ4n) is 3.04. The number of nitrogens with one attached hydrogen (secondary N) is 1. The van der Waals surface area contributed by atoms with Crippen LogP contribution in [0.15, 0.2) is 6.07 Å². The number of ketones is 1. The lowest BCUT2D eigenvalue weighted by Gasteiger charge is -2.35. The van der Waals surface area contributed by atoms with Gasteiger partial charge in [-0.05, 0) is 25.5 Å². The van der Waals surface area contributed by atoms with Crippen LogP contribution < -0.4 is 5.32 Å². The minimum atomic E-state index is -0.0295. The largest absolute Gasteiger partial charge is 0.354 e. The molecule has 0 saturated carbocycles. The van der Waals surface area contributed by atoms with Crippen LogP contribution in [0.4, 0.5) is 0 Å². The zero-order chi connectivity index (χ0) is 14.3. The van der Waals surface area contributed by atoms with Gasteiger partial charge in [-0.2, -0.15) is 0 Å². The maximum absolute atomic E-state index is 12.3. The summed E-state index contributed by atoms with van der Waals surface area (Å²) in [5, 5.41) is 2.88. The Morgan fingerprint density at radius 1 is 1.50 bits per heavy atom. The Hall–Kier alpha value is -0.620. The van der Waals surface area contributed by atoms with Gasteiger partial charge in [0, 0.05) is 12.6 Å². The number of halogens is 2. The summed E-state index contributed by atoms with van der Waals surface area (Å²) in [7, 11) is 0. The fourth-order valence-corrected chi connectivity index (χ4v) is 4.54. The first-order valence-electron chi connectivity index (χ1n) is 6.56. The van der Waals surface area contributed by atoms with Crippen LogP contribution in [0.5, 0.6) is 0 Å². The molecule has 0 aromatic carbocycles. The molecule has 1 N–H and O–H groups in total. The number of likely N-dealkylation sites (tertiary alicyclic amines) is 1. The Bertz CT molecular complexity index is 561. The van der Waals surface area contributed by atoms with Crippen LogP contribution in [0.3, 0.4) is 0 Å². The van der Waals surface area contributed by atoms with E-state index in [9.17, 15) is 9.59 Å². The van der Waals surface area contributed by atoms with Crippen molar-refractivity contribution in [2.45, 2.75) is 18.9 Å². The summed E-state index contributed by atoms with van der Waals surface area (Å²) in [6.07, 6.45) is 1.85. The average Bonchev–Trinajstić information content (AvgIpc) is 2.94. The summed E-state index contributed by atoms with van der Waals surface area (Å²) >= 11 is 13.1. The Morgan fingerprint density at radius 2 is 2.30 bits per heavy atom. The van der Waals surface area contributed by atoms with Crippen molar-refractivity contribution < 1.29 is 9.59 Å². The summed E-state index contributed by atoms with van der Waals surface area (Å²) in [5.41, 5.74) is 0.487. The van der Waals surface area contributed by atoms with Gasteiger partial charge in [0.25, 0.3) is 0 Å². The molecule has 7 heteroatoms. The van der Waals surface area contributed by atoms with Gasteiger partial charge in [-0.25, -0.2) is 0 Å². The van der Waals surface area contributed by atoms with Crippen LogP contribution in [-0.4, -0.2) is 42.3 Å². The monoisotopic (exact) mass is 332 g/mol. The van der Waals surface area contributed by atoms with Gasteiger partial charge < -0.3 is 5.32 Å². The number of rotatable bonds is 3. The van der Waals surface area contributed by atoms with Crippen LogP contribution in [0.1, 0.15) is 23.2 Å². The highest BCUT2D eigenvalue weighted by Crippen LogP contribution is 2.32. The van der Waals surface area contributed by atoms with E-state index in [1.54, 1.807) is 6.07 Å². The van der Waals surface area contributed by atoms with Gasteiger partial charge in [0.2, 0.25) is 5.91 Å². The number of Topliss-reactive ketones (excluding diaryl/α,β-unsaturated/α-hetero) is 1. The zero-order valence-electron chi connectivity index (χ0n) is 10.7. The summed E-state index contributed by atoms with van der Waals surface area (Å²) in [6, 6.07) is 1.75. The number of thiophene rings is 1. The van der Waals surface area contributed by atoms with E-state index in [1.807, 2.05) is 0 Å². The molecule has 2 aliphatic heterocycles. The summed E-state index contributed by atoms with van der Waals surface area (Å²) in [4.78, 5) is 26.1. The third kappa shape index (κ3) is 2.60. The molecule has 3 rings (SSSR count). The molecule has 108 valence electrons. The van der Waals surface area contributed by atoms with Crippen LogP contribution >= 0.6 is 34.5 Å². The lowest BCUT2D eigenvalue weighted by atomic mass is 9.91.